The molecule has 0 amide bonds. The topological polar surface area (TPSA) is 78.5 Å². The Balaban J connectivity index is 1.74. The van der Waals surface area contributed by atoms with E-state index in [2.05, 4.69) is 0 Å². The predicted molar refractivity (Wildman–Crippen MR) is 93.2 cm³/mol. The lowest BCUT2D eigenvalue weighted by molar-refractivity contribution is 0.486. The van der Waals surface area contributed by atoms with Crippen LogP contribution in [0, 0.1) is 0 Å². The van der Waals surface area contributed by atoms with Crippen LogP contribution in [0.15, 0.2) is 74.8 Å². The van der Waals surface area contributed by atoms with Crippen molar-refractivity contribution < 1.29 is 17.0 Å². The summed E-state index contributed by atoms with van der Waals surface area (Å²) >= 11 is 0. The molecule has 1 aromatic heterocycles. The van der Waals surface area contributed by atoms with Crippen molar-refractivity contribution in [1.29, 1.82) is 0 Å². The number of aromatic nitrogens is 1. The summed E-state index contributed by atoms with van der Waals surface area (Å²) in [5.74, 6) is -0.340. The average molecular weight is 355 g/mol. The Morgan fingerprint density at radius 2 is 1.72 bits per heavy atom. The third-order valence-corrected chi connectivity index (χ3v) is 5.22. The van der Waals surface area contributed by atoms with E-state index in [9.17, 15) is 13.2 Å². The summed E-state index contributed by atoms with van der Waals surface area (Å²) in [6, 6.07) is 16.8. The summed E-state index contributed by atoms with van der Waals surface area (Å²) in [6.07, 6.45) is 0. The van der Waals surface area contributed by atoms with E-state index in [1.54, 1.807) is 25.2 Å². The number of oxazole rings is 1. The second-order valence-electron chi connectivity index (χ2n) is 5.60. The number of hydrogen-bond donors (Lipinski definition) is 0. The van der Waals surface area contributed by atoms with Gasteiger partial charge in [0.2, 0.25) is 0 Å². The van der Waals surface area contributed by atoms with Crippen LogP contribution < -0.4 is 9.94 Å². The highest BCUT2D eigenvalue weighted by atomic mass is 32.2. The minimum atomic E-state index is -4.05. The van der Waals surface area contributed by atoms with Crippen molar-refractivity contribution in [3.05, 3.63) is 71.2 Å². The van der Waals surface area contributed by atoms with Crippen molar-refractivity contribution >= 4 is 32.0 Å². The van der Waals surface area contributed by atoms with Gasteiger partial charge in [0, 0.05) is 13.1 Å². The highest BCUT2D eigenvalue weighted by Crippen LogP contribution is 2.25. The summed E-state index contributed by atoms with van der Waals surface area (Å²) in [5.41, 5.74) is 0.699. The maximum atomic E-state index is 12.5. The second-order valence-corrected chi connectivity index (χ2v) is 7.15. The maximum Gasteiger partial charge on any atom is 0.419 e. The van der Waals surface area contributed by atoms with E-state index in [0.29, 0.717) is 5.52 Å². The molecule has 6 nitrogen and oxygen atoms in total. The summed E-state index contributed by atoms with van der Waals surface area (Å²) < 4.78 is 36.6. The largest absolute Gasteiger partial charge is 0.419 e. The first-order valence-electron chi connectivity index (χ1n) is 7.47. The van der Waals surface area contributed by atoms with Gasteiger partial charge in [-0.3, -0.25) is 4.57 Å². The lowest BCUT2D eigenvalue weighted by Gasteiger charge is -2.08. The second kappa shape index (κ2) is 5.49. The van der Waals surface area contributed by atoms with E-state index >= 15 is 0 Å². The van der Waals surface area contributed by atoms with Crippen molar-refractivity contribution in [2.75, 3.05) is 0 Å². The third kappa shape index (κ3) is 2.68. The highest BCUT2D eigenvalue weighted by molar-refractivity contribution is 7.87. The van der Waals surface area contributed by atoms with Crippen LogP contribution in [-0.2, 0) is 17.2 Å². The molecule has 0 saturated carbocycles. The Morgan fingerprint density at radius 1 is 0.960 bits per heavy atom. The zero-order valence-corrected chi connectivity index (χ0v) is 14.0. The van der Waals surface area contributed by atoms with Gasteiger partial charge in [-0.2, -0.15) is 8.42 Å². The summed E-state index contributed by atoms with van der Waals surface area (Å²) in [7, 11) is -2.50. The van der Waals surface area contributed by atoms with E-state index < -0.39 is 15.9 Å². The fourth-order valence-electron chi connectivity index (χ4n) is 2.66. The normalized spacial score (nSPS) is 11.9. The molecule has 0 atom stereocenters. The van der Waals surface area contributed by atoms with Crippen LogP contribution >= 0.6 is 0 Å². The molecule has 1 heterocycles. The molecule has 25 heavy (non-hydrogen) atoms. The zero-order chi connectivity index (χ0) is 17.6. The van der Waals surface area contributed by atoms with Crippen LogP contribution in [0.5, 0.6) is 5.75 Å². The zero-order valence-electron chi connectivity index (χ0n) is 13.2. The van der Waals surface area contributed by atoms with E-state index in [-0.39, 0.29) is 16.2 Å². The number of benzene rings is 3. The van der Waals surface area contributed by atoms with Gasteiger partial charge in [-0.25, -0.2) is 4.79 Å². The van der Waals surface area contributed by atoms with Crippen LogP contribution in [0.25, 0.3) is 21.9 Å². The molecule has 0 aliphatic rings. The Bertz CT molecular complexity index is 1270. The smallest absolute Gasteiger partial charge is 0.408 e. The molecular weight excluding hydrogens is 342 g/mol. The van der Waals surface area contributed by atoms with Crippen molar-refractivity contribution in [1.82, 2.24) is 4.57 Å². The Kier molecular flexibility index (Phi) is 3.40. The predicted octanol–water partition coefficient (Wildman–Crippen LogP) is 3.05. The van der Waals surface area contributed by atoms with Crippen molar-refractivity contribution in [2.24, 2.45) is 7.05 Å². The molecule has 7 heteroatoms. The SMILES string of the molecule is Cn1c(=O)oc2cc(S(=O)(=O)Oc3ccc4ccccc4c3)ccc21. The molecule has 0 spiro atoms. The fraction of sp³-hybridized carbons (Fsp3) is 0.0556. The fourth-order valence-corrected chi connectivity index (χ4v) is 3.60. The Hall–Kier alpha value is -3.06. The molecule has 0 aliphatic heterocycles. The number of rotatable bonds is 3. The van der Waals surface area contributed by atoms with Gasteiger partial charge in [-0.1, -0.05) is 30.3 Å². The molecule has 0 radical (unpaired) electrons. The van der Waals surface area contributed by atoms with Crippen LogP contribution in [0.3, 0.4) is 0 Å². The van der Waals surface area contributed by atoms with Crippen molar-refractivity contribution in [3.63, 3.8) is 0 Å². The van der Waals surface area contributed by atoms with Crippen LogP contribution in [0.1, 0.15) is 0 Å². The molecule has 0 bridgehead atoms. The van der Waals surface area contributed by atoms with E-state index in [1.165, 1.54) is 22.8 Å². The first-order chi connectivity index (χ1) is 11.9. The molecule has 4 aromatic rings. The van der Waals surface area contributed by atoms with E-state index in [1.807, 2.05) is 24.3 Å². The molecule has 126 valence electrons. The molecule has 0 unspecified atom stereocenters. The lowest BCUT2D eigenvalue weighted by Crippen LogP contribution is -2.10. The third-order valence-electron chi connectivity index (χ3n) is 3.98. The molecule has 0 fully saturated rings. The highest BCUT2D eigenvalue weighted by Gasteiger charge is 2.19. The molecule has 3 aromatic carbocycles. The van der Waals surface area contributed by atoms with Gasteiger partial charge in [0.05, 0.1) is 5.52 Å². The maximum absolute atomic E-state index is 12.5. The van der Waals surface area contributed by atoms with Crippen molar-refractivity contribution in [3.8, 4) is 5.75 Å². The van der Waals surface area contributed by atoms with Crippen LogP contribution in [0.4, 0.5) is 0 Å². The van der Waals surface area contributed by atoms with E-state index in [4.69, 9.17) is 8.60 Å². The molecular formula is C18H13NO5S. The first kappa shape index (κ1) is 15.5. The van der Waals surface area contributed by atoms with Gasteiger partial charge in [-0.05, 0) is 35.0 Å². The molecule has 0 N–H and O–H groups in total. The monoisotopic (exact) mass is 355 g/mol. The standard InChI is InChI=1S/C18H13NO5S/c1-19-16-9-8-15(11-17(16)23-18(19)20)25(21,22)24-14-7-6-12-4-2-3-5-13(12)10-14/h2-11H,1H3. The number of aryl methyl sites for hydroxylation is 1. The minimum absolute atomic E-state index is 0.0810. The average Bonchev–Trinajstić information content (AvgIpc) is 2.88. The summed E-state index contributed by atoms with van der Waals surface area (Å²) in [5, 5.41) is 1.86. The first-order valence-corrected chi connectivity index (χ1v) is 8.88. The molecule has 0 aliphatic carbocycles. The van der Waals surface area contributed by atoms with Gasteiger partial charge in [-0.15, -0.1) is 0 Å². The molecule has 0 saturated heterocycles. The Morgan fingerprint density at radius 3 is 2.52 bits per heavy atom. The quantitative estimate of drug-likeness (QED) is 0.528. The van der Waals surface area contributed by atoms with Crippen LogP contribution in [0.2, 0.25) is 0 Å². The van der Waals surface area contributed by atoms with Crippen molar-refractivity contribution in [2.45, 2.75) is 4.90 Å². The molecule has 4 rings (SSSR count). The summed E-state index contributed by atoms with van der Waals surface area (Å²) in [6.45, 7) is 0. The lowest BCUT2D eigenvalue weighted by atomic mass is 10.1. The van der Waals surface area contributed by atoms with Gasteiger partial charge >= 0.3 is 15.9 Å². The van der Waals surface area contributed by atoms with Gasteiger partial charge in [0.1, 0.15) is 10.6 Å². The number of nitrogens with zero attached hydrogens (tertiary/aromatic N) is 1. The van der Waals surface area contributed by atoms with Gasteiger partial charge < -0.3 is 8.60 Å². The van der Waals surface area contributed by atoms with Gasteiger partial charge in [0.25, 0.3) is 0 Å². The Labute approximate surface area is 143 Å². The van der Waals surface area contributed by atoms with Gasteiger partial charge in [0.15, 0.2) is 5.58 Å². The van der Waals surface area contributed by atoms with E-state index in [0.717, 1.165) is 10.8 Å². The summed E-state index contributed by atoms with van der Waals surface area (Å²) in [4.78, 5) is 11.4. The van der Waals surface area contributed by atoms with Crippen LogP contribution in [-0.4, -0.2) is 13.0 Å². The minimum Gasteiger partial charge on any atom is -0.408 e. The number of hydrogen-bond acceptors (Lipinski definition) is 5. The number of fused-ring (bicyclic) bond motifs is 2.